The van der Waals surface area contributed by atoms with E-state index in [0.29, 0.717) is 11.2 Å². The highest BCUT2D eigenvalue weighted by molar-refractivity contribution is 6.33. The SMILES string of the molecule is CN(C(=O)Cn1cnc2c(Cl)nc(N)nc21)c1ccccc1. The molecule has 0 aliphatic rings. The Morgan fingerprint density at radius 3 is 2.77 bits per heavy atom. The molecule has 0 saturated heterocycles. The number of halogens is 1. The normalized spacial score (nSPS) is 10.8. The summed E-state index contributed by atoms with van der Waals surface area (Å²) in [7, 11) is 1.72. The minimum Gasteiger partial charge on any atom is -0.368 e. The Kier molecular flexibility index (Phi) is 3.64. The number of likely N-dealkylation sites (N-methyl/N-ethyl adjacent to an activating group) is 1. The first kappa shape index (κ1) is 14.3. The summed E-state index contributed by atoms with van der Waals surface area (Å²) >= 11 is 5.97. The quantitative estimate of drug-likeness (QED) is 0.743. The fourth-order valence-electron chi connectivity index (χ4n) is 2.09. The van der Waals surface area contributed by atoms with Gasteiger partial charge in [-0.05, 0) is 12.1 Å². The van der Waals surface area contributed by atoms with Crippen LogP contribution in [-0.4, -0.2) is 32.5 Å². The van der Waals surface area contributed by atoms with Crippen LogP contribution in [0.5, 0.6) is 0 Å². The minimum atomic E-state index is -0.112. The van der Waals surface area contributed by atoms with E-state index in [0.717, 1.165) is 5.69 Å². The second-order valence-electron chi connectivity index (χ2n) is 4.71. The Bertz CT molecular complexity index is 832. The van der Waals surface area contributed by atoms with Crippen molar-refractivity contribution in [3.8, 4) is 0 Å². The molecule has 0 saturated carbocycles. The number of imidazole rings is 1. The summed E-state index contributed by atoms with van der Waals surface area (Å²) in [5, 5.41) is 0.171. The minimum absolute atomic E-state index is 0.0445. The summed E-state index contributed by atoms with van der Waals surface area (Å²) in [6.07, 6.45) is 1.50. The molecule has 0 bridgehead atoms. The molecule has 7 nitrogen and oxygen atoms in total. The van der Waals surface area contributed by atoms with Gasteiger partial charge in [-0.2, -0.15) is 9.97 Å². The van der Waals surface area contributed by atoms with Crippen molar-refractivity contribution in [3.05, 3.63) is 41.8 Å². The molecule has 22 heavy (non-hydrogen) atoms. The summed E-state index contributed by atoms with van der Waals surface area (Å²) in [6.45, 7) is 0.0781. The number of aromatic nitrogens is 4. The van der Waals surface area contributed by atoms with E-state index in [1.54, 1.807) is 16.5 Å². The second-order valence-corrected chi connectivity index (χ2v) is 5.06. The van der Waals surface area contributed by atoms with Crippen LogP contribution in [0.25, 0.3) is 11.2 Å². The van der Waals surface area contributed by atoms with Gasteiger partial charge in [0, 0.05) is 12.7 Å². The summed E-state index contributed by atoms with van der Waals surface area (Å²) in [4.78, 5) is 26.0. The number of amides is 1. The van der Waals surface area contributed by atoms with Crippen LogP contribution in [0.2, 0.25) is 5.15 Å². The van der Waals surface area contributed by atoms with E-state index in [1.165, 1.54) is 6.33 Å². The fraction of sp³-hybridized carbons (Fsp3) is 0.143. The van der Waals surface area contributed by atoms with Crippen molar-refractivity contribution in [1.82, 2.24) is 19.5 Å². The first-order valence-electron chi connectivity index (χ1n) is 6.51. The van der Waals surface area contributed by atoms with Crippen molar-refractivity contribution in [2.24, 2.45) is 0 Å². The van der Waals surface area contributed by atoms with E-state index in [4.69, 9.17) is 17.3 Å². The van der Waals surface area contributed by atoms with Gasteiger partial charge in [0.1, 0.15) is 12.1 Å². The van der Waals surface area contributed by atoms with Crippen molar-refractivity contribution in [1.29, 1.82) is 0 Å². The predicted molar refractivity (Wildman–Crippen MR) is 84.6 cm³/mol. The van der Waals surface area contributed by atoms with Gasteiger partial charge in [-0.25, -0.2) is 4.98 Å². The summed E-state index contributed by atoms with van der Waals surface area (Å²) in [5.41, 5.74) is 7.26. The highest BCUT2D eigenvalue weighted by Crippen LogP contribution is 2.20. The van der Waals surface area contributed by atoms with Crippen molar-refractivity contribution in [2.75, 3.05) is 17.7 Å². The molecule has 0 atom stereocenters. The number of nitrogens with two attached hydrogens (primary N) is 1. The molecule has 2 aromatic heterocycles. The number of nitrogen functional groups attached to an aromatic ring is 1. The zero-order valence-corrected chi connectivity index (χ0v) is 12.5. The van der Waals surface area contributed by atoms with Gasteiger partial charge < -0.3 is 15.2 Å². The number of hydrogen-bond acceptors (Lipinski definition) is 5. The highest BCUT2D eigenvalue weighted by Gasteiger charge is 2.16. The average Bonchev–Trinajstić information content (AvgIpc) is 2.90. The lowest BCUT2D eigenvalue weighted by molar-refractivity contribution is -0.118. The number of benzene rings is 1. The molecular weight excluding hydrogens is 304 g/mol. The molecule has 0 spiro atoms. The largest absolute Gasteiger partial charge is 0.368 e. The smallest absolute Gasteiger partial charge is 0.246 e. The van der Waals surface area contributed by atoms with Gasteiger partial charge in [-0.3, -0.25) is 4.79 Å². The van der Waals surface area contributed by atoms with Crippen molar-refractivity contribution in [3.63, 3.8) is 0 Å². The molecule has 2 N–H and O–H groups in total. The van der Waals surface area contributed by atoms with E-state index in [2.05, 4.69) is 15.0 Å². The number of hydrogen-bond donors (Lipinski definition) is 1. The van der Waals surface area contributed by atoms with Crippen LogP contribution in [0.15, 0.2) is 36.7 Å². The van der Waals surface area contributed by atoms with Crippen LogP contribution in [-0.2, 0) is 11.3 Å². The summed E-state index contributed by atoms with van der Waals surface area (Å²) in [5.74, 6) is -0.0677. The molecule has 1 amide bonds. The number of carbonyl (C=O) groups is 1. The van der Waals surface area contributed by atoms with Gasteiger partial charge in [0.05, 0.1) is 6.33 Å². The maximum atomic E-state index is 12.4. The molecule has 112 valence electrons. The molecule has 0 radical (unpaired) electrons. The van der Waals surface area contributed by atoms with E-state index in [9.17, 15) is 4.79 Å². The molecule has 3 rings (SSSR count). The lowest BCUT2D eigenvalue weighted by Gasteiger charge is -2.17. The van der Waals surface area contributed by atoms with E-state index >= 15 is 0 Å². The number of carbonyl (C=O) groups excluding carboxylic acids is 1. The number of para-hydroxylation sites is 1. The van der Waals surface area contributed by atoms with Crippen molar-refractivity contribution in [2.45, 2.75) is 6.54 Å². The van der Waals surface area contributed by atoms with Crippen LogP contribution in [0.3, 0.4) is 0 Å². The Morgan fingerprint density at radius 1 is 1.32 bits per heavy atom. The van der Waals surface area contributed by atoms with Crippen molar-refractivity contribution < 1.29 is 4.79 Å². The van der Waals surface area contributed by atoms with E-state index < -0.39 is 0 Å². The van der Waals surface area contributed by atoms with Crippen LogP contribution in [0, 0.1) is 0 Å². The lowest BCUT2D eigenvalue weighted by atomic mass is 10.3. The monoisotopic (exact) mass is 316 g/mol. The fourth-order valence-corrected chi connectivity index (χ4v) is 2.31. The van der Waals surface area contributed by atoms with Gasteiger partial charge in [0.25, 0.3) is 0 Å². The van der Waals surface area contributed by atoms with E-state index in [-0.39, 0.29) is 23.6 Å². The number of nitrogens with zero attached hydrogens (tertiary/aromatic N) is 5. The highest BCUT2D eigenvalue weighted by atomic mass is 35.5. The molecule has 0 aliphatic heterocycles. The first-order valence-corrected chi connectivity index (χ1v) is 6.89. The van der Waals surface area contributed by atoms with Crippen LogP contribution in [0.4, 0.5) is 11.6 Å². The molecule has 1 aromatic carbocycles. The zero-order chi connectivity index (χ0) is 15.7. The van der Waals surface area contributed by atoms with E-state index in [1.807, 2.05) is 30.3 Å². The molecule has 0 unspecified atom stereocenters. The van der Waals surface area contributed by atoms with Gasteiger partial charge >= 0.3 is 0 Å². The summed E-state index contributed by atoms with van der Waals surface area (Å²) < 4.78 is 1.60. The van der Waals surface area contributed by atoms with Crippen molar-refractivity contribution >= 4 is 40.3 Å². The molecular formula is C14H13ClN6O. The standard InChI is InChI=1S/C14H13ClN6O/c1-20(9-5-3-2-4-6-9)10(22)7-21-8-17-11-12(15)18-14(16)19-13(11)21/h2-6,8H,7H2,1H3,(H2,16,18,19). The van der Waals surface area contributed by atoms with Gasteiger partial charge in [0.15, 0.2) is 10.8 Å². The third-order valence-corrected chi connectivity index (χ3v) is 3.53. The van der Waals surface area contributed by atoms with Gasteiger partial charge in [-0.15, -0.1) is 0 Å². The Hall–Kier alpha value is -2.67. The van der Waals surface area contributed by atoms with Crippen LogP contribution < -0.4 is 10.6 Å². The molecule has 8 heteroatoms. The molecule has 0 aliphatic carbocycles. The Morgan fingerprint density at radius 2 is 2.05 bits per heavy atom. The maximum absolute atomic E-state index is 12.4. The second kappa shape index (κ2) is 5.61. The first-order chi connectivity index (χ1) is 10.6. The zero-order valence-electron chi connectivity index (χ0n) is 11.8. The predicted octanol–water partition coefficient (Wildman–Crippen LogP) is 1.72. The van der Waals surface area contributed by atoms with Crippen LogP contribution >= 0.6 is 11.6 Å². The topological polar surface area (TPSA) is 89.9 Å². The maximum Gasteiger partial charge on any atom is 0.246 e. The molecule has 2 heterocycles. The lowest BCUT2D eigenvalue weighted by Crippen LogP contribution is -2.29. The Balaban J connectivity index is 1.89. The number of rotatable bonds is 3. The third kappa shape index (κ3) is 2.58. The Labute approximate surface area is 131 Å². The van der Waals surface area contributed by atoms with Gasteiger partial charge in [-0.1, -0.05) is 29.8 Å². The third-order valence-electron chi connectivity index (χ3n) is 3.26. The number of fused-ring (bicyclic) bond motifs is 1. The molecule has 3 aromatic rings. The van der Waals surface area contributed by atoms with Gasteiger partial charge in [0.2, 0.25) is 11.9 Å². The summed E-state index contributed by atoms with van der Waals surface area (Å²) in [6, 6.07) is 9.37. The number of anilines is 2. The van der Waals surface area contributed by atoms with Crippen LogP contribution in [0.1, 0.15) is 0 Å². The average molecular weight is 317 g/mol. The molecule has 0 fully saturated rings.